The van der Waals surface area contributed by atoms with Gasteiger partial charge in [0.15, 0.2) is 0 Å². The molecule has 1 aromatic carbocycles. The maximum atomic E-state index is 12.1. The van der Waals surface area contributed by atoms with E-state index in [1.54, 1.807) is 32.9 Å². The molecule has 0 spiro atoms. The van der Waals surface area contributed by atoms with E-state index in [0.717, 1.165) is 5.56 Å². The van der Waals surface area contributed by atoms with Crippen LogP contribution >= 0.6 is 0 Å². The molecule has 1 atom stereocenters. The quantitative estimate of drug-likeness (QED) is 0.624. The van der Waals surface area contributed by atoms with Crippen LogP contribution in [0.1, 0.15) is 26.3 Å². The molecule has 0 aliphatic carbocycles. The maximum Gasteiger partial charge on any atom is 0.347 e. The molecule has 0 aromatic heterocycles. The number of hydrogen-bond acceptors (Lipinski definition) is 3. The average molecular weight is 266 g/mol. The second-order valence-corrected chi connectivity index (χ2v) is 6.51. The summed E-state index contributed by atoms with van der Waals surface area (Å²) in [5, 5.41) is 0. The molecule has 4 heteroatoms. The Morgan fingerprint density at radius 3 is 2.17 bits per heavy atom. The third-order valence-electron chi connectivity index (χ3n) is 2.09. The summed E-state index contributed by atoms with van der Waals surface area (Å²) in [4.78, 5) is 12.2. The number of carbonyl (C=O) groups excluding carboxylic acids is 1. The first kappa shape index (κ1) is 14.6. The highest BCUT2D eigenvalue weighted by molar-refractivity contribution is 7.90. The first-order valence-electron chi connectivity index (χ1n) is 5.61. The van der Waals surface area contributed by atoms with E-state index in [0.29, 0.717) is 4.90 Å². The van der Waals surface area contributed by atoms with Gasteiger partial charge in [0.1, 0.15) is 10.5 Å². The van der Waals surface area contributed by atoms with Gasteiger partial charge in [-0.25, -0.2) is 9.00 Å². The zero-order valence-corrected chi connectivity index (χ0v) is 12.0. The van der Waals surface area contributed by atoms with Crippen LogP contribution in [0.3, 0.4) is 0 Å². The molecule has 0 aliphatic heterocycles. The van der Waals surface area contributed by atoms with Crippen molar-refractivity contribution in [2.75, 3.05) is 0 Å². The number of esters is 1. The lowest BCUT2D eigenvalue weighted by molar-refractivity contribution is -0.148. The van der Waals surface area contributed by atoms with Crippen LogP contribution in [0.4, 0.5) is 0 Å². The molecule has 0 aliphatic rings. The van der Waals surface area contributed by atoms with Gasteiger partial charge in [-0.1, -0.05) is 24.3 Å². The predicted molar refractivity (Wildman–Crippen MR) is 72.6 cm³/mol. The van der Waals surface area contributed by atoms with Crippen LogP contribution in [0, 0.1) is 6.92 Å². The number of rotatable bonds is 3. The maximum absolute atomic E-state index is 12.1. The van der Waals surface area contributed by atoms with Crippen molar-refractivity contribution in [2.45, 2.75) is 38.2 Å². The number of carbonyl (C=O) groups is 1. The summed E-state index contributed by atoms with van der Waals surface area (Å²) in [5.41, 5.74) is 0.455. The summed E-state index contributed by atoms with van der Waals surface area (Å²) < 4.78 is 17.2. The molecule has 0 amide bonds. The summed E-state index contributed by atoms with van der Waals surface area (Å²) in [6.45, 7) is 10.8. The fraction of sp³-hybridized carbons (Fsp3) is 0.357. The Kier molecular flexibility index (Phi) is 4.46. The summed E-state index contributed by atoms with van der Waals surface area (Å²) in [6, 6.07) is 7.13. The number of aryl methyl sites for hydroxylation is 1. The zero-order valence-electron chi connectivity index (χ0n) is 11.1. The van der Waals surface area contributed by atoms with E-state index in [1.165, 1.54) is 0 Å². The molecule has 18 heavy (non-hydrogen) atoms. The third-order valence-corrected chi connectivity index (χ3v) is 3.40. The van der Waals surface area contributed by atoms with E-state index in [1.807, 2.05) is 19.1 Å². The Morgan fingerprint density at radius 2 is 1.72 bits per heavy atom. The molecule has 0 saturated carbocycles. The molecule has 0 fully saturated rings. The second-order valence-electron chi connectivity index (χ2n) is 5.01. The zero-order chi connectivity index (χ0) is 13.9. The summed E-state index contributed by atoms with van der Waals surface area (Å²) >= 11 is 0. The van der Waals surface area contributed by atoms with Crippen LogP contribution in [0.2, 0.25) is 0 Å². The molecule has 0 radical (unpaired) electrons. The van der Waals surface area contributed by atoms with Gasteiger partial charge in [0.05, 0.1) is 10.8 Å². The predicted octanol–water partition coefficient (Wildman–Crippen LogP) is 2.96. The van der Waals surface area contributed by atoms with Crippen molar-refractivity contribution in [3.63, 3.8) is 0 Å². The molecule has 1 aromatic rings. The first-order chi connectivity index (χ1) is 8.20. The van der Waals surface area contributed by atoms with Gasteiger partial charge in [-0.2, -0.15) is 0 Å². The Labute approximate surface area is 110 Å². The van der Waals surface area contributed by atoms with Crippen molar-refractivity contribution in [3.8, 4) is 0 Å². The molecule has 98 valence electrons. The largest absolute Gasteiger partial charge is 0.456 e. The SMILES string of the molecule is C=C(C(=O)OC(C)(C)C)S(=O)c1ccc(C)cc1. The van der Waals surface area contributed by atoms with Gasteiger partial charge < -0.3 is 4.74 Å². The molecule has 1 unspecified atom stereocenters. The average Bonchev–Trinajstić information content (AvgIpc) is 2.26. The molecular formula is C14H18O3S. The van der Waals surface area contributed by atoms with Crippen LogP contribution in [-0.2, 0) is 20.3 Å². The van der Waals surface area contributed by atoms with Crippen molar-refractivity contribution >= 4 is 16.8 Å². The van der Waals surface area contributed by atoms with Crippen molar-refractivity contribution in [3.05, 3.63) is 41.3 Å². The van der Waals surface area contributed by atoms with Gasteiger partial charge in [-0.3, -0.25) is 0 Å². The lowest BCUT2D eigenvalue weighted by Gasteiger charge is -2.19. The summed E-state index contributed by atoms with van der Waals surface area (Å²) in [5.74, 6) is -0.624. The van der Waals surface area contributed by atoms with Crippen LogP contribution in [0.5, 0.6) is 0 Å². The fourth-order valence-electron chi connectivity index (χ4n) is 1.21. The van der Waals surface area contributed by atoms with Gasteiger partial charge in [0, 0.05) is 4.90 Å². The van der Waals surface area contributed by atoms with Crippen molar-refractivity contribution in [2.24, 2.45) is 0 Å². The highest BCUT2D eigenvalue weighted by atomic mass is 32.2. The van der Waals surface area contributed by atoms with Gasteiger partial charge in [-0.05, 0) is 39.8 Å². The van der Waals surface area contributed by atoms with E-state index in [-0.39, 0.29) is 4.91 Å². The minimum Gasteiger partial charge on any atom is -0.456 e. The first-order valence-corrected chi connectivity index (χ1v) is 6.76. The topological polar surface area (TPSA) is 43.4 Å². The number of hydrogen-bond donors (Lipinski definition) is 0. The van der Waals surface area contributed by atoms with Crippen LogP contribution in [0.15, 0.2) is 40.6 Å². The molecule has 1 rings (SSSR count). The highest BCUT2D eigenvalue weighted by Crippen LogP contribution is 2.17. The van der Waals surface area contributed by atoms with Gasteiger partial charge in [0.25, 0.3) is 0 Å². The van der Waals surface area contributed by atoms with E-state index < -0.39 is 22.4 Å². The number of benzene rings is 1. The van der Waals surface area contributed by atoms with Crippen LogP contribution in [0.25, 0.3) is 0 Å². The summed E-state index contributed by atoms with van der Waals surface area (Å²) in [7, 11) is -1.57. The van der Waals surface area contributed by atoms with Gasteiger partial charge in [-0.15, -0.1) is 0 Å². The second kappa shape index (κ2) is 5.48. The lowest BCUT2D eigenvalue weighted by atomic mass is 10.2. The van der Waals surface area contributed by atoms with Crippen LogP contribution < -0.4 is 0 Å². The Bertz CT molecular complexity index is 481. The third kappa shape index (κ3) is 4.11. The highest BCUT2D eigenvalue weighted by Gasteiger charge is 2.23. The van der Waals surface area contributed by atoms with E-state index in [2.05, 4.69) is 6.58 Å². The standard InChI is InChI=1S/C14H18O3S/c1-10-6-8-12(9-7-10)18(16)11(2)13(15)17-14(3,4)5/h6-9H,2H2,1,3-5H3. The Balaban J connectivity index is 2.82. The smallest absolute Gasteiger partial charge is 0.347 e. The molecule has 0 N–H and O–H groups in total. The number of ether oxygens (including phenoxy) is 1. The Morgan fingerprint density at radius 1 is 1.22 bits per heavy atom. The van der Waals surface area contributed by atoms with E-state index in [9.17, 15) is 9.00 Å². The van der Waals surface area contributed by atoms with E-state index >= 15 is 0 Å². The van der Waals surface area contributed by atoms with Gasteiger partial charge >= 0.3 is 5.97 Å². The molecular weight excluding hydrogens is 248 g/mol. The normalized spacial score (nSPS) is 12.9. The van der Waals surface area contributed by atoms with Crippen molar-refractivity contribution < 1.29 is 13.7 Å². The minimum absolute atomic E-state index is 0.0335. The van der Waals surface area contributed by atoms with Gasteiger partial charge in [0.2, 0.25) is 0 Å². The molecule has 0 saturated heterocycles. The monoisotopic (exact) mass is 266 g/mol. The molecule has 0 heterocycles. The molecule has 0 bridgehead atoms. The van der Waals surface area contributed by atoms with Crippen molar-refractivity contribution in [1.82, 2.24) is 0 Å². The van der Waals surface area contributed by atoms with Crippen LogP contribution in [-0.4, -0.2) is 15.8 Å². The van der Waals surface area contributed by atoms with E-state index in [4.69, 9.17) is 4.74 Å². The lowest BCUT2D eigenvalue weighted by Crippen LogP contribution is -2.25. The fourth-order valence-corrected chi connectivity index (χ4v) is 2.08. The van der Waals surface area contributed by atoms with Crippen molar-refractivity contribution in [1.29, 1.82) is 0 Å². The summed E-state index contributed by atoms with van der Waals surface area (Å²) in [6.07, 6.45) is 0. The minimum atomic E-state index is -1.57. The Hall–Kier alpha value is -1.42. The molecule has 3 nitrogen and oxygen atoms in total.